The third-order valence-electron chi connectivity index (χ3n) is 3.25. The average Bonchev–Trinajstić information content (AvgIpc) is 2.57. The first-order chi connectivity index (χ1) is 12.4. The molecule has 2 rings (SSSR count). The highest BCUT2D eigenvalue weighted by atomic mass is 79.9. The van der Waals surface area contributed by atoms with E-state index in [9.17, 15) is 10.1 Å². The van der Waals surface area contributed by atoms with Crippen molar-refractivity contribution >= 4 is 56.8 Å². The van der Waals surface area contributed by atoms with E-state index in [1.165, 1.54) is 32.4 Å². The zero-order valence-electron chi connectivity index (χ0n) is 13.8. The summed E-state index contributed by atoms with van der Waals surface area (Å²) in [5.74, 6) is 0.394. The average molecular weight is 456 g/mol. The topological polar surface area (TPSA) is 71.3 Å². The number of ether oxygens (including phenoxy) is 2. The van der Waals surface area contributed by atoms with Gasteiger partial charge in [0.15, 0.2) is 11.5 Å². The van der Waals surface area contributed by atoms with Gasteiger partial charge >= 0.3 is 0 Å². The minimum absolute atomic E-state index is 0.0970. The van der Waals surface area contributed by atoms with Crippen LogP contribution in [0.25, 0.3) is 6.08 Å². The van der Waals surface area contributed by atoms with Gasteiger partial charge in [-0.2, -0.15) is 5.26 Å². The third kappa shape index (κ3) is 4.92. The maximum absolute atomic E-state index is 12.4. The number of hydrogen-bond donors (Lipinski definition) is 1. The van der Waals surface area contributed by atoms with E-state index in [1.54, 1.807) is 18.2 Å². The van der Waals surface area contributed by atoms with E-state index in [-0.39, 0.29) is 5.57 Å². The number of nitrogens with zero attached hydrogens (tertiary/aromatic N) is 1. The number of carbonyl (C=O) groups excluding carboxylic acids is 1. The van der Waals surface area contributed by atoms with Crippen molar-refractivity contribution in [1.82, 2.24) is 0 Å². The van der Waals surface area contributed by atoms with Gasteiger partial charge in [-0.3, -0.25) is 4.79 Å². The number of carbonyl (C=O) groups is 1. The van der Waals surface area contributed by atoms with Crippen molar-refractivity contribution in [2.24, 2.45) is 0 Å². The molecule has 5 nitrogen and oxygen atoms in total. The number of methoxy groups -OCH3 is 2. The number of amides is 1. The van der Waals surface area contributed by atoms with Gasteiger partial charge in [0.25, 0.3) is 5.91 Å². The minimum Gasteiger partial charge on any atom is -0.493 e. The Kier molecular flexibility index (Phi) is 6.92. The highest BCUT2D eigenvalue weighted by Crippen LogP contribution is 2.36. The van der Waals surface area contributed by atoms with Crippen LogP contribution in [0.3, 0.4) is 0 Å². The summed E-state index contributed by atoms with van der Waals surface area (Å²) in [6.07, 6.45) is 1.44. The molecule has 134 valence electrons. The highest BCUT2D eigenvalue weighted by Gasteiger charge is 2.13. The Morgan fingerprint density at radius 1 is 1.15 bits per heavy atom. The van der Waals surface area contributed by atoms with E-state index in [4.69, 9.17) is 32.7 Å². The first-order valence-electron chi connectivity index (χ1n) is 7.18. The first-order valence-corrected chi connectivity index (χ1v) is 8.73. The molecular weight excluding hydrogens is 443 g/mol. The lowest BCUT2D eigenvalue weighted by atomic mass is 10.1. The molecule has 0 atom stereocenters. The summed E-state index contributed by atoms with van der Waals surface area (Å²) in [5, 5.41) is 12.7. The molecule has 8 heteroatoms. The molecule has 0 aliphatic rings. The van der Waals surface area contributed by atoms with E-state index in [0.717, 1.165) is 0 Å². The Labute approximate surface area is 169 Å². The van der Waals surface area contributed by atoms with Gasteiger partial charge in [-0.15, -0.1) is 0 Å². The molecule has 0 radical (unpaired) electrons. The Bertz CT molecular complexity index is 903. The largest absolute Gasteiger partial charge is 0.493 e. The molecule has 2 aromatic carbocycles. The van der Waals surface area contributed by atoms with Crippen molar-refractivity contribution in [2.75, 3.05) is 19.5 Å². The Balaban J connectivity index is 2.34. The summed E-state index contributed by atoms with van der Waals surface area (Å²) >= 11 is 15.2. The van der Waals surface area contributed by atoms with Gasteiger partial charge in [0.2, 0.25) is 0 Å². The predicted molar refractivity (Wildman–Crippen MR) is 106 cm³/mol. The second kappa shape index (κ2) is 8.95. The van der Waals surface area contributed by atoms with Crippen molar-refractivity contribution in [2.45, 2.75) is 0 Å². The summed E-state index contributed by atoms with van der Waals surface area (Å²) in [4.78, 5) is 12.4. The van der Waals surface area contributed by atoms with Crippen LogP contribution in [0.4, 0.5) is 5.69 Å². The van der Waals surface area contributed by atoms with Crippen molar-refractivity contribution in [3.63, 3.8) is 0 Å². The fourth-order valence-electron chi connectivity index (χ4n) is 2.16. The SMILES string of the molecule is COc1cc(/C=C(\C#N)C(=O)Nc2cc(Cl)cc(Cl)c2)cc(Br)c1OC. The lowest BCUT2D eigenvalue weighted by molar-refractivity contribution is -0.112. The summed E-state index contributed by atoms with van der Waals surface area (Å²) in [7, 11) is 3.01. The van der Waals surface area contributed by atoms with Crippen molar-refractivity contribution in [3.05, 3.63) is 56.0 Å². The monoisotopic (exact) mass is 454 g/mol. The van der Waals surface area contributed by atoms with Crippen LogP contribution in [0.5, 0.6) is 11.5 Å². The zero-order valence-corrected chi connectivity index (χ0v) is 16.9. The molecule has 0 spiro atoms. The normalized spacial score (nSPS) is 10.8. The van der Waals surface area contributed by atoms with Gasteiger partial charge in [-0.25, -0.2) is 0 Å². The van der Waals surface area contributed by atoms with Crippen LogP contribution >= 0.6 is 39.1 Å². The zero-order chi connectivity index (χ0) is 19.3. The Hall–Kier alpha value is -2.20. The molecule has 0 aliphatic heterocycles. The van der Waals surface area contributed by atoms with Gasteiger partial charge in [-0.05, 0) is 57.9 Å². The van der Waals surface area contributed by atoms with Gasteiger partial charge < -0.3 is 14.8 Å². The van der Waals surface area contributed by atoms with E-state index in [0.29, 0.717) is 37.3 Å². The molecule has 0 unspecified atom stereocenters. The predicted octanol–water partition coefficient (Wildman–Crippen LogP) is 5.32. The number of benzene rings is 2. The maximum atomic E-state index is 12.4. The minimum atomic E-state index is -0.586. The fourth-order valence-corrected chi connectivity index (χ4v) is 3.31. The van der Waals surface area contributed by atoms with Crippen LogP contribution in [0.15, 0.2) is 40.4 Å². The molecule has 1 amide bonds. The third-order valence-corrected chi connectivity index (χ3v) is 4.28. The Morgan fingerprint density at radius 2 is 1.81 bits per heavy atom. The molecule has 0 saturated carbocycles. The molecule has 0 bridgehead atoms. The summed E-state index contributed by atoms with van der Waals surface area (Å²) in [5.41, 5.74) is 0.882. The van der Waals surface area contributed by atoms with Gasteiger partial charge in [-0.1, -0.05) is 23.2 Å². The molecule has 0 aromatic heterocycles. The number of rotatable bonds is 5. The van der Waals surface area contributed by atoms with Crippen LogP contribution in [0.1, 0.15) is 5.56 Å². The number of halogens is 3. The highest BCUT2D eigenvalue weighted by molar-refractivity contribution is 9.10. The van der Waals surface area contributed by atoms with Gasteiger partial charge in [0.05, 0.1) is 18.7 Å². The van der Waals surface area contributed by atoms with Crippen molar-refractivity contribution in [3.8, 4) is 17.6 Å². The second-order valence-electron chi connectivity index (χ2n) is 5.02. The number of hydrogen-bond acceptors (Lipinski definition) is 4. The lowest BCUT2D eigenvalue weighted by Crippen LogP contribution is -2.13. The van der Waals surface area contributed by atoms with Crippen LogP contribution in [0.2, 0.25) is 10.0 Å². The number of anilines is 1. The second-order valence-corrected chi connectivity index (χ2v) is 6.75. The van der Waals surface area contributed by atoms with Crippen molar-refractivity contribution in [1.29, 1.82) is 5.26 Å². The molecule has 26 heavy (non-hydrogen) atoms. The molecule has 0 heterocycles. The van der Waals surface area contributed by atoms with Crippen LogP contribution < -0.4 is 14.8 Å². The van der Waals surface area contributed by atoms with E-state index in [1.807, 2.05) is 6.07 Å². The summed E-state index contributed by atoms with van der Waals surface area (Å²) in [6, 6.07) is 9.86. The quantitative estimate of drug-likeness (QED) is 0.489. The lowest BCUT2D eigenvalue weighted by Gasteiger charge is -2.11. The summed E-state index contributed by atoms with van der Waals surface area (Å²) < 4.78 is 11.1. The van der Waals surface area contributed by atoms with Gasteiger partial charge in [0, 0.05) is 15.7 Å². The first kappa shape index (κ1) is 20.1. The van der Waals surface area contributed by atoms with Gasteiger partial charge in [0.1, 0.15) is 11.6 Å². The fraction of sp³-hybridized carbons (Fsp3) is 0.111. The van der Waals surface area contributed by atoms with Crippen LogP contribution in [0, 0.1) is 11.3 Å². The molecule has 1 N–H and O–H groups in total. The smallest absolute Gasteiger partial charge is 0.266 e. The number of nitriles is 1. The summed E-state index contributed by atoms with van der Waals surface area (Å²) in [6.45, 7) is 0. The molecular formula is C18H13BrCl2N2O3. The molecule has 0 saturated heterocycles. The Morgan fingerprint density at radius 3 is 2.35 bits per heavy atom. The van der Waals surface area contributed by atoms with Crippen LogP contribution in [-0.2, 0) is 4.79 Å². The van der Waals surface area contributed by atoms with E-state index < -0.39 is 5.91 Å². The number of nitrogens with one attached hydrogen (secondary N) is 1. The molecule has 0 aliphatic carbocycles. The van der Waals surface area contributed by atoms with Crippen LogP contribution in [-0.4, -0.2) is 20.1 Å². The standard InChI is InChI=1S/C18H13BrCl2N2O3/c1-25-16-5-10(4-15(19)17(16)26-2)3-11(9-22)18(24)23-14-7-12(20)6-13(21)8-14/h3-8H,1-2H3,(H,23,24)/b11-3+. The molecule has 0 fully saturated rings. The maximum Gasteiger partial charge on any atom is 0.266 e. The van der Waals surface area contributed by atoms with E-state index >= 15 is 0 Å². The van der Waals surface area contributed by atoms with Crippen molar-refractivity contribution < 1.29 is 14.3 Å². The molecule has 2 aromatic rings. The van der Waals surface area contributed by atoms with E-state index in [2.05, 4.69) is 21.2 Å².